The summed E-state index contributed by atoms with van der Waals surface area (Å²) in [7, 11) is 2.18. The van der Waals surface area contributed by atoms with Gasteiger partial charge in [-0.25, -0.2) is 0 Å². The van der Waals surface area contributed by atoms with Gasteiger partial charge in [0.1, 0.15) is 5.75 Å². The molecule has 0 radical (unpaired) electrons. The van der Waals surface area contributed by atoms with Crippen LogP contribution in [-0.2, 0) is 6.54 Å². The topological polar surface area (TPSA) is 27.7 Å². The van der Waals surface area contributed by atoms with E-state index in [9.17, 15) is 0 Å². The van der Waals surface area contributed by atoms with E-state index in [2.05, 4.69) is 46.9 Å². The first kappa shape index (κ1) is 15.9. The maximum atomic E-state index is 5.86. The molecule has 21 heavy (non-hydrogen) atoms. The van der Waals surface area contributed by atoms with Gasteiger partial charge in [-0.2, -0.15) is 0 Å². The zero-order valence-corrected chi connectivity index (χ0v) is 13.3. The molecule has 0 aliphatic carbocycles. The maximum absolute atomic E-state index is 5.86. The van der Waals surface area contributed by atoms with Gasteiger partial charge in [-0.15, -0.1) is 6.58 Å². The average Bonchev–Trinajstić information content (AvgIpc) is 2.49. The predicted molar refractivity (Wildman–Crippen MR) is 89.2 cm³/mol. The van der Waals surface area contributed by atoms with Crippen LogP contribution in [0.4, 0.5) is 5.69 Å². The highest BCUT2D eigenvalue weighted by molar-refractivity contribution is 5.60. The van der Waals surface area contributed by atoms with Crippen molar-refractivity contribution in [3.05, 3.63) is 36.4 Å². The number of hydrogen-bond acceptors (Lipinski definition) is 4. The Kier molecular flexibility index (Phi) is 6.08. The third-order valence-corrected chi connectivity index (χ3v) is 3.79. The van der Waals surface area contributed by atoms with Crippen LogP contribution in [0.25, 0.3) is 0 Å². The Morgan fingerprint density at radius 3 is 2.71 bits per heavy atom. The smallest absolute Gasteiger partial charge is 0.142 e. The van der Waals surface area contributed by atoms with Gasteiger partial charge in [0, 0.05) is 39.3 Å². The summed E-state index contributed by atoms with van der Waals surface area (Å²) in [6.45, 7) is 12.5. The molecule has 0 aromatic heterocycles. The number of benzene rings is 1. The molecule has 116 valence electrons. The molecule has 4 heteroatoms. The van der Waals surface area contributed by atoms with Crippen molar-refractivity contribution in [1.82, 2.24) is 10.2 Å². The van der Waals surface area contributed by atoms with E-state index in [-0.39, 0.29) is 0 Å². The maximum Gasteiger partial charge on any atom is 0.142 e. The van der Waals surface area contributed by atoms with Gasteiger partial charge in [-0.1, -0.05) is 12.1 Å². The summed E-state index contributed by atoms with van der Waals surface area (Å²) in [4.78, 5) is 4.79. The molecule has 0 saturated carbocycles. The molecule has 0 bridgehead atoms. The van der Waals surface area contributed by atoms with E-state index in [4.69, 9.17) is 4.74 Å². The minimum atomic E-state index is 0.699. The van der Waals surface area contributed by atoms with Crippen LogP contribution in [0.1, 0.15) is 12.5 Å². The number of likely N-dealkylation sites (N-methyl/N-ethyl adjacent to an activating group) is 1. The Labute approximate surface area is 128 Å². The first-order valence-corrected chi connectivity index (χ1v) is 7.75. The largest absolute Gasteiger partial charge is 0.492 e. The number of nitrogens with zero attached hydrogens (tertiary/aromatic N) is 2. The molecule has 0 amide bonds. The normalized spacial score (nSPS) is 16.0. The van der Waals surface area contributed by atoms with E-state index >= 15 is 0 Å². The second kappa shape index (κ2) is 8.05. The van der Waals surface area contributed by atoms with Gasteiger partial charge in [0.2, 0.25) is 0 Å². The van der Waals surface area contributed by atoms with E-state index in [0.717, 1.165) is 45.0 Å². The Morgan fingerprint density at radius 1 is 1.29 bits per heavy atom. The predicted octanol–water partition coefficient (Wildman–Crippen LogP) is 2.11. The third kappa shape index (κ3) is 4.48. The SMILES string of the molecule is C=CCNCc1ccc(N2CCN(C)CC2)c(OCC)c1. The molecule has 1 aliphatic heterocycles. The lowest BCUT2D eigenvalue weighted by Gasteiger charge is -2.35. The summed E-state index contributed by atoms with van der Waals surface area (Å²) in [5, 5.41) is 3.33. The van der Waals surface area contributed by atoms with Crippen molar-refractivity contribution >= 4 is 5.69 Å². The molecule has 2 rings (SSSR count). The molecule has 1 saturated heterocycles. The van der Waals surface area contributed by atoms with Crippen LogP contribution in [0.5, 0.6) is 5.75 Å². The van der Waals surface area contributed by atoms with E-state index in [1.807, 2.05) is 13.0 Å². The number of nitrogens with one attached hydrogen (secondary N) is 1. The van der Waals surface area contributed by atoms with Crippen LogP contribution in [0.3, 0.4) is 0 Å². The fraction of sp³-hybridized carbons (Fsp3) is 0.529. The monoisotopic (exact) mass is 289 g/mol. The Balaban J connectivity index is 2.10. The van der Waals surface area contributed by atoms with Crippen LogP contribution < -0.4 is 15.0 Å². The Morgan fingerprint density at radius 2 is 2.05 bits per heavy atom. The molecule has 1 N–H and O–H groups in total. The van der Waals surface area contributed by atoms with Crippen molar-refractivity contribution in [3.8, 4) is 5.75 Å². The molecule has 1 aliphatic rings. The zero-order chi connectivity index (χ0) is 15.1. The van der Waals surface area contributed by atoms with Crippen molar-refractivity contribution in [1.29, 1.82) is 0 Å². The first-order chi connectivity index (χ1) is 10.2. The molecule has 0 spiro atoms. The zero-order valence-electron chi connectivity index (χ0n) is 13.3. The van der Waals surface area contributed by atoms with Crippen molar-refractivity contribution in [2.45, 2.75) is 13.5 Å². The lowest BCUT2D eigenvalue weighted by atomic mass is 10.1. The lowest BCUT2D eigenvalue weighted by molar-refractivity contribution is 0.307. The van der Waals surface area contributed by atoms with Gasteiger partial charge in [0.15, 0.2) is 0 Å². The second-order valence-corrected chi connectivity index (χ2v) is 5.44. The van der Waals surface area contributed by atoms with Gasteiger partial charge in [0.25, 0.3) is 0 Å². The van der Waals surface area contributed by atoms with Gasteiger partial charge in [-0.05, 0) is 31.7 Å². The minimum absolute atomic E-state index is 0.699. The van der Waals surface area contributed by atoms with E-state index in [1.54, 1.807) is 0 Å². The highest BCUT2D eigenvalue weighted by Crippen LogP contribution is 2.30. The molecule has 1 fully saturated rings. The number of anilines is 1. The molecule has 0 unspecified atom stereocenters. The van der Waals surface area contributed by atoms with Crippen LogP contribution in [0, 0.1) is 0 Å². The molecule has 0 atom stereocenters. The average molecular weight is 289 g/mol. The highest BCUT2D eigenvalue weighted by Gasteiger charge is 2.17. The number of ether oxygens (including phenoxy) is 1. The van der Waals surface area contributed by atoms with Gasteiger partial charge in [0.05, 0.1) is 12.3 Å². The second-order valence-electron chi connectivity index (χ2n) is 5.44. The van der Waals surface area contributed by atoms with Crippen molar-refractivity contribution < 1.29 is 4.74 Å². The van der Waals surface area contributed by atoms with Crippen LogP contribution in [0.2, 0.25) is 0 Å². The summed E-state index contributed by atoms with van der Waals surface area (Å²) in [5.74, 6) is 1.000. The summed E-state index contributed by atoms with van der Waals surface area (Å²) in [5.41, 5.74) is 2.47. The number of piperazine rings is 1. The lowest BCUT2D eigenvalue weighted by Crippen LogP contribution is -2.44. The first-order valence-electron chi connectivity index (χ1n) is 7.75. The van der Waals surface area contributed by atoms with Crippen LogP contribution in [0.15, 0.2) is 30.9 Å². The third-order valence-electron chi connectivity index (χ3n) is 3.79. The van der Waals surface area contributed by atoms with Gasteiger partial charge >= 0.3 is 0 Å². The Hall–Kier alpha value is -1.52. The van der Waals surface area contributed by atoms with Crippen LogP contribution >= 0.6 is 0 Å². The molecular weight excluding hydrogens is 262 g/mol. The van der Waals surface area contributed by atoms with E-state index in [0.29, 0.717) is 6.61 Å². The molecular formula is C17H27N3O. The summed E-state index contributed by atoms with van der Waals surface area (Å²) < 4.78 is 5.86. The fourth-order valence-electron chi connectivity index (χ4n) is 2.57. The van der Waals surface area contributed by atoms with E-state index < -0.39 is 0 Å². The van der Waals surface area contributed by atoms with Crippen molar-refractivity contribution in [2.75, 3.05) is 51.3 Å². The number of rotatable bonds is 7. The number of hydrogen-bond donors (Lipinski definition) is 1. The van der Waals surface area contributed by atoms with Gasteiger partial charge in [-0.3, -0.25) is 0 Å². The highest BCUT2D eigenvalue weighted by atomic mass is 16.5. The summed E-state index contributed by atoms with van der Waals surface area (Å²) in [6, 6.07) is 6.54. The molecule has 1 heterocycles. The van der Waals surface area contributed by atoms with Crippen molar-refractivity contribution in [2.24, 2.45) is 0 Å². The molecule has 1 aromatic carbocycles. The van der Waals surface area contributed by atoms with Gasteiger partial charge < -0.3 is 19.9 Å². The van der Waals surface area contributed by atoms with Crippen LogP contribution in [-0.4, -0.2) is 51.3 Å². The quantitative estimate of drug-likeness (QED) is 0.614. The standard InChI is InChI=1S/C17H27N3O/c1-4-8-18-14-15-6-7-16(17(13-15)21-5-2)20-11-9-19(3)10-12-20/h4,6-7,13,18H,1,5,8-12,14H2,2-3H3. The summed E-state index contributed by atoms with van der Waals surface area (Å²) in [6.07, 6.45) is 1.88. The Bertz CT molecular complexity index is 453. The van der Waals surface area contributed by atoms with Crippen molar-refractivity contribution in [3.63, 3.8) is 0 Å². The summed E-state index contributed by atoms with van der Waals surface area (Å²) >= 11 is 0. The molecule has 1 aromatic rings. The van der Waals surface area contributed by atoms with E-state index in [1.165, 1.54) is 11.3 Å². The fourth-order valence-corrected chi connectivity index (χ4v) is 2.57. The molecule has 4 nitrogen and oxygen atoms in total. The minimum Gasteiger partial charge on any atom is -0.492 e.